The smallest absolute Gasteiger partial charge is 0.378 e. The lowest BCUT2D eigenvalue weighted by molar-refractivity contribution is -0.388. The van der Waals surface area contributed by atoms with Crippen molar-refractivity contribution in [3.05, 3.63) is 33.4 Å². The van der Waals surface area contributed by atoms with Gasteiger partial charge in [0.05, 0.1) is 30.0 Å². The number of anilines is 1. The minimum atomic E-state index is -5.06. The first-order valence-electron chi connectivity index (χ1n) is 9.56. The monoisotopic (exact) mass is 459 g/mol. The molecule has 2 aromatic heterocycles. The molecule has 174 valence electrons. The number of halogens is 3. The Balaban J connectivity index is 1.84. The summed E-state index contributed by atoms with van der Waals surface area (Å²) in [7, 11) is 0. The molecule has 3 heterocycles. The number of aromatic nitrogens is 4. The van der Waals surface area contributed by atoms with E-state index in [4.69, 9.17) is 4.74 Å². The molecule has 1 fully saturated rings. The Bertz CT molecular complexity index is 1040. The van der Waals surface area contributed by atoms with Crippen LogP contribution in [0.3, 0.4) is 0 Å². The van der Waals surface area contributed by atoms with E-state index in [0.717, 1.165) is 6.92 Å². The largest absolute Gasteiger partial charge is 0.442 e. The molecule has 2 amide bonds. The predicted octanol–water partition coefficient (Wildman–Crippen LogP) is 1.45. The summed E-state index contributed by atoms with van der Waals surface area (Å²) in [5, 5.41) is 20.8. The normalized spacial score (nSPS) is 14.5. The summed E-state index contributed by atoms with van der Waals surface area (Å²) in [5.41, 5.74) is -3.14. The molecule has 0 aliphatic carbocycles. The van der Waals surface area contributed by atoms with Crippen LogP contribution in [0.15, 0.2) is 6.20 Å². The zero-order valence-electron chi connectivity index (χ0n) is 17.2. The van der Waals surface area contributed by atoms with Crippen LogP contribution < -0.4 is 5.32 Å². The number of carbonyl (C=O) groups is 2. The van der Waals surface area contributed by atoms with Crippen molar-refractivity contribution < 1.29 is 32.4 Å². The van der Waals surface area contributed by atoms with Crippen LogP contribution in [-0.2, 0) is 28.8 Å². The molecule has 1 N–H and O–H groups in total. The molecule has 0 radical (unpaired) electrons. The van der Waals surface area contributed by atoms with Gasteiger partial charge in [-0.25, -0.2) is 0 Å². The number of hydrogen-bond acceptors (Lipinski definition) is 7. The minimum absolute atomic E-state index is 0.0729. The quantitative estimate of drug-likeness (QED) is 0.510. The molecule has 1 aliphatic heterocycles. The van der Waals surface area contributed by atoms with E-state index in [1.165, 1.54) is 10.9 Å². The van der Waals surface area contributed by atoms with Gasteiger partial charge >= 0.3 is 11.9 Å². The summed E-state index contributed by atoms with van der Waals surface area (Å²) in [6.45, 7) is 3.87. The van der Waals surface area contributed by atoms with Crippen molar-refractivity contribution in [3.63, 3.8) is 0 Å². The van der Waals surface area contributed by atoms with Gasteiger partial charge < -0.3 is 15.0 Å². The Morgan fingerprint density at radius 2 is 1.94 bits per heavy atom. The van der Waals surface area contributed by atoms with E-state index in [2.05, 4.69) is 15.5 Å². The van der Waals surface area contributed by atoms with Gasteiger partial charge in [-0.05, 0) is 13.8 Å². The summed E-state index contributed by atoms with van der Waals surface area (Å²) in [6, 6.07) is 0. The van der Waals surface area contributed by atoms with Gasteiger partial charge in [0.2, 0.25) is 11.6 Å². The maximum Gasteiger partial charge on any atom is 0.442 e. The predicted molar refractivity (Wildman–Crippen MR) is 102 cm³/mol. The highest BCUT2D eigenvalue weighted by molar-refractivity contribution is 6.02. The summed E-state index contributed by atoms with van der Waals surface area (Å²) in [5.74, 6) is -1.21. The highest BCUT2D eigenvalue weighted by atomic mass is 19.4. The van der Waals surface area contributed by atoms with Crippen molar-refractivity contribution in [1.82, 2.24) is 24.5 Å². The number of morpholine rings is 1. The van der Waals surface area contributed by atoms with E-state index in [-0.39, 0.29) is 17.3 Å². The van der Waals surface area contributed by atoms with Crippen LogP contribution in [0, 0.1) is 17.0 Å². The molecule has 15 heteroatoms. The fraction of sp³-hybridized carbons (Fsp3) is 0.529. The van der Waals surface area contributed by atoms with Crippen LogP contribution in [0.1, 0.15) is 28.8 Å². The van der Waals surface area contributed by atoms with Gasteiger partial charge in [0.25, 0.3) is 5.91 Å². The van der Waals surface area contributed by atoms with E-state index in [1.54, 1.807) is 11.8 Å². The molecule has 0 aromatic carbocycles. The SMILES string of the molecule is CCn1ncc(NC(=O)Cn2nc(C(F)(F)F)c([N+](=O)[O-])c2C)c1C(=O)N1CCOCC1. The van der Waals surface area contributed by atoms with Gasteiger partial charge in [-0.1, -0.05) is 0 Å². The number of ether oxygens (including phenoxy) is 1. The van der Waals surface area contributed by atoms with Gasteiger partial charge in [-0.3, -0.25) is 29.1 Å². The average Bonchev–Trinajstić information content (AvgIpc) is 3.28. The molecule has 12 nitrogen and oxygen atoms in total. The summed E-state index contributed by atoms with van der Waals surface area (Å²) in [6.07, 6.45) is -3.80. The van der Waals surface area contributed by atoms with Crippen LogP contribution in [-0.4, -0.2) is 67.5 Å². The van der Waals surface area contributed by atoms with E-state index < -0.39 is 40.6 Å². The molecule has 1 saturated heterocycles. The van der Waals surface area contributed by atoms with Crippen molar-refractivity contribution in [2.24, 2.45) is 0 Å². The standard InChI is InChI=1S/C17H20F3N7O5/c1-3-25-14(16(29)24-4-6-32-7-5-24)11(8-21-25)22-12(28)9-26-10(2)13(27(30)31)15(23-26)17(18,19)20/h8H,3-7,9H2,1-2H3,(H,22,28). The van der Waals surface area contributed by atoms with Crippen molar-refractivity contribution in [2.45, 2.75) is 33.1 Å². The van der Waals surface area contributed by atoms with Crippen LogP contribution in [0.25, 0.3) is 0 Å². The molecule has 3 rings (SSSR count). The van der Waals surface area contributed by atoms with Gasteiger partial charge in [0.15, 0.2) is 0 Å². The molecule has 0 spiro atoms. The third kappa shape index (κ3) is 4.56. The van der Waals surface area contributed by atoms with E-state index in [9.17, 15) is 32.9 Å². The van der Waals surface area contributed by atoms with Gasteiger partial charge in [-0.2, -0.15) is 23.4 Å². The van der Waals surface area contributed by atoms with Crippen molar-refractivity contribution >= 4 is 23.2 Å². The first kappa shape index (κ1) is 23.2. The lowest BCUT2D eigenvalue weighted by atomic mass is 10.2. The average molecular weight is 459 g/mol. The zero-order chi connectivity index (χ0) is 23.6. The number of alkyl halides is 3. The summed E-state index contributed by atoms with van der Waals surface area (Å²) < 4.78 is 46.5. The lowest BCUT2D eigenvalue weighted by Gasteiger charge is -2.27. The molecule has 2 aromatic rings. The molecular formula is C17H20F3N7O5. The molecule has 0 unspecified atom stereocenters. The van der Waals surface area contributed by atoms with Crippen molar-refractivity contribution in [1.29, 1.82) is 0 Å². The van der Waals surface area contributed by atoms with Crippen molar-refractivity contribution in [2.75, 3.05) is 31.6 Å². The van der Waals surface area contributed by atoms with Crippen LogP contribution in [0.5, 0.6) is 0 Å². The molecule has 0 bridgehead atoms. The third-order valence-corrected chi connectivity index (χ3v) is 4.83. The van der Waals surface area contributed by atoms with Gasteiger partial charge in [0, 0.05) is 19.6 Å². The fourth-order valence-corrected chi connectivity index (χ4v) is 3.28. The van der Waals surface area contributed by atoms with Crippen LogP contribution in [0.2, 0.25) is 0 Å². The highest BCUT2D eigenvalue weighted by Gasteiger charge is 2.44. The number of hydrogen-bond donors (Lipinski definition) is 1. The molecular weight excluding hydrogens is 439 g/mol. The number of rotatable bonds is 6. The van der Waals surface area contributed by atoms with Crippen LogP contribution >= 0.6 is 0 Å². The maximum absolute atomic E-state index is 13.1. The second kappa shape index (κ2) is 8.94. The Hall–Kier alpha value is -3.49. The van der Waals surface area contributed by atoms with Crippen LogP contribution in [0.4, 0.5) is 24.5 Å². The lowest BCUT2D eigenvalue weighted by Crippen LogP contribution is -2.41. The Labute approximate surface area is 179 Å². The zero-order valence-corrected chi connectivity index (χ0v) is 17.2. The third-order valence-electron chi connectivity index (χ3n) is 4.83. The second-order valence-electron chi connectivity index (χ2n) is 6.87. The van der Waals surface area contributed by atoms with E-state index in [1.807, 2.05) is 0 Å². The Kier molecular flexibility index (Phi) is 6.47. The maximum atomic E-state index is 13.1. The number of nitrogens with one attached hydrogen (secondary N) is 1. The highest BCUT2D eigenvalue weighted by Crippen LogP contribution is 2.36. The van der Waals surface area contributed by atoms with Gasteiger partial charge in [0.1, 0.15) is 17.9 Å². The Morgan fingerprint density at radius 1 is 1.28 bits per heavy atom. The van der Waals surface area contributed by atoms with E-state index >= 15 is 0 Å². The molecule has 0 atom stereocenters. The van der Waals surface area contributed by atoms with E-state index in [0.29, 0.717) is 37.5 Å². The number of nitrogens with zero attached hydrogens (tertiary/aromatic N) is 6. The number of nitro groups is 1. The molecule has 32 heavy (non-hydrogen) atoms. The molecule has 0 saturated carbocycles. The summed E-state index contributed by atoms with van der Waals surface area (Å²) >= 11 is 0. The number of carbonyl (C=O) groups excluding carboxylic acids is 2. The first-order valence-corrected chi connectivity index (χ1v) is 9.56. The van der Waals surface area contributed by atoms with Gasteiger partial charge in [-0.15, -0.1) is 0 Å². The second-order valence-corrected chi connectivity index (χ2v) is 6.87. The minimum Gasteiger partial charge on any atom is -0.378 e. The fourth-order valence-electron chi connectivity index (χ4n) is 3.28. The van der Waals surface area contributed by atoms with Crippen molar-refractivity contribution in [3.8, 4) is 0 Å². The summed E-state index contributed by atoms with van der Waals surface area (Å²) in [4.78, 5) is 36.9. The topological polar surface area (TPSA) is 137 Å². The number of aryl methyl sites for hydroxylation is 1. The first-order chi connectivity index (χ1) is 15.0. The Morgan fingerprint density at radius 3 is 2.47 bits per heavy atom. The number of amides is 2. The molecule has 1 aliphatic rings.